The number of carbonyl (C=O) groups excluding carboxylic acids is 2. The lowest BCUT2D eigenvalue weighted by molar-refractivity contribution is -0.137. The van der Waals surface area contributed by atoms with Gasteiger partial charge in [0, 0.05) is 0 Å². The topological polar surface area (TPSA) is 85.8 Å². The summed E-state index contributed by atoms with van der Waals surface area (Å²) in [6.07, 6.45) is -4.83. The maximum atomic E-state index is 13.1. The van der Waals surface area contributed by atoms with Crippen LogP contribution in [0.3, 0.4) is 0 Å². The number of rotatable bonds is 2. The molecule has 0 aromatic heterocycles. The monoisotopic (exact) mass is 367 g/mol. The Morgan fingerprint density at radius 3 is 2.65 bits per heavy atom. The molecule has 3 rings (SSSR count). The van der Waals surface area contributed by atoms with Crippen LogP contribution >= 0.6 is 0 Å². The van der Waals surface area contributed by atoms with Gasteiger partial charge in [-0.3, -0.25) is 20.3 Å². The van der Waals surface area contributed by atoms with Crippen molar-refractivity contribution in [2.75, 3.05) is 5.32 Å². The molecule has 0 radical (unpaired) electrons. The number of aliphatic imine (C=N–C) groups is 1. The Morgan fingerprint density at radius 1 is 1.31 bits per heavy atom. The number of guanidine groups is 1. The van der Waals surface area contributed by atoms with E-state index in [2.05, 4.69) is 21.1 Å². The number of anilines is 1. The SMILES string of the molecule is CC(C)=C1N=C2NC(=O)C[C@@H](C(=O)Nc3ccccc3C(F)(F)F)N2N1. The molecule has 0 spiro atoms. The molecule has 26 heavy (non-hydrogen) atoms. The van der Waals surface area contributed by atoms with Crippen molar-refractivity contribution < 1.29 is 22.8 Å². The molecular formula is C16H16F3N5O2. The van der Waals surface area contributed by atoms with Gasteiger partial charge < -0.3 is 5.32 Å². The van der Waals surface area contributed by atoms with E-state index in [4.69, 9.17) is 0 Å². The maximum absolute atomic E-state index is 13.1. The van der Waals surface area contributed by atoms with E-state index in [9.17, 15) is 22.8 Å². The Kier molecular flexibility index (Phi) is 4.34. The summed E-state index contributed by atoms with van der Waals surface area (Å²) >= 11 is 0. The molecule has 0 saturated carbocycles. The van der Waals surface area contributed by atoms with E-state index in [0.717, 1.165) is 17.7 Å². The minimum absolute atomic E-state index is 0.140. The van der Waals surface area contributed by atoms with E-state index in [1.807, 2.05) is 0 Å². The fourth-order valence-electron chi connectivity index (χ4n) is 2.60. The van der Waals surface area contributed by atoms with E-state index in [-0.39, 0.29) is 18.1 Å². The zero-order valence-electron chi connectivity index (χ0n) is 13.9. The third-order valence-corrected chi connectivity index (χ3v) is 3.88. The average Bonchev–Trinajstić information content (AvgIpc) is 2.97. The Hall–Kier alpha value is -3.04. The number of nitrogens with one attached hydrogen (secondary N) is 3. The molecule has 2 aliphatic heterocycles. The quantitative estimate of drug-likeness (QED) is 0.746. The number of nitrogens with zero attached hydrogens (tertiary/aromatic N) is 2. The van der Waals surface area contributed by atoms with Crippen molar-refractivity contribution >= 4 is 23.5 Å². The third kappa shape index (κ3) is 3.35. The number of benzene rings is 1. The van der Waals surface area contributed by atoms with Gasteiger partial charge in [-0.05, 0) is 31.6 Å². The second-order valence-electron chi connectivity index (χ2n) is 6.07. The minimum Gasteiger partial charge on any atom is -0.324 e. The first-order chi connectivity index (χ1) is 12.2. The van der Waals surface area contributed by atoms with Crippen molar-refractivity contribution in [2.45, 2.75) is 32.5 Å². The molecular weight excluding hydrogens is 351 g/mol. The van der Waals surface area contributed by atoms with E-state index in [1.54, 1.807) is 13.8 Å². The van der Waals surface area contributed by atoms with Gasteiger partial charge >= 0.3 is 6.18 Å². The maximum Gasteiger partial charge on any atom is 0.418 e. The fourth-order valence-corrected chi connectivity index (χ4v) is 2.60. The molecule has 3 N–H and O–H groups in total. The lowest BCUT2D eigenvalue weighted by Gasteiger charge is -2.32. The first kappa shape index (κ1) is 17.8. The van der Waals surface area contributed by atoms with Crippen LogP contribution < -0.4 is 16.1 Å². The molecule has 138 valence electrons. The van der Waals surface area contributed by atoms with Gasteiger partial charge in [0.1, 0.15) is 11.9 Å². The number of amides is 2. The molecule has 2 amide bonds. The van der Waals surface area contributed by atoms with Gasteiger partial charge in [0.2, 0.25) is 17.8 Å². The van der Waals surface area contributed by atoms with Crippen LogP contribution in [0.1, 0.15) is 25.8 Å². The molecule has 0 unspecified atom stereocenters. The van der Waals surface area contributed by atoms with E-state index < -0.39 is 29.6 Å². The number of allylic oxidation sites excluding steroid dienone is 1. The summed E-state index contributed by atoms with van der Waals surface area (Å²) in [5.74, 6) is -0.579. The summed E-state index contributed by atoms with van der Waals surface area (Å²) in [6.45, 7) is 3.59. The molecule has 1 fully saturated rings. The molecule has 1 aromatic carbocycles. The van der Waals surface area contributed by atoms with Crippen LogP contribution in [0.15, 0.2) is 40.7 Å². The molecule has 2 heterocycles. The number of hydrogen-bond acceptors (Lipinski definition) is 5. The largest absolute Gasteiger partial charge is 0.418 e. The number of fused-ring (bicyclic) bond motifs is 1. The highest BCUT2D eigenvalue weighted by atomic mass is 19.4. The van der Waals surface area contributed by atoms with Gasteiger partial charge in [-0.25, -0.2) is 5.01 Å². The molecule has 1 saturated heterocycles. The van der Waals surface area contributed by atoms with Crippen LogP contribution in [0.2, 0.25) is 0 Å². The zero-order valence-corrected chi connectivity index (χ0v) is 13.9. The summed E-state index contributed by atoms with van der Waals surface area (Å²) < 4.78 is 39.3. The van der Waals surface area contributed by atoms with Gasteiger partial charge in [0.05, 0.1) is 17.7 Å². The number of halogens is 3. The van der Waals surface area contributed by atoms with Crippen LogP contribution in [0.5, 0.6) is 0 Å². The van der Waals surface area contributed by atoms with E-state index in [1.165, 1.54) is 17.1 Å². The Morgan fingerprint density at radius 2 is 2.00 bits per heavy atom. The Bertz CT molecular complexity index is 827. The number of alkyl halides is 3. The molecule has 10 heteroatoms. The van der Waals surface area contributed by atoms with Crippen LogP contribution in [0.4, 0.5) is 18.9 Å². The predicted molar refractivity (Wildman–Crippen MR) is 87.4 cm³/mol. The van der Waals surface area contributed by atoms with Crippen molar-refractivity contribution in [1.29, 1.82) is 0 Å². The van der Waals surface area contributed by atoms with Crippen LogP contribution in [-0.4, -0.2) is 28.8 Å². The first-order valence-electron chi connectivity index (χ1n) is 7.76. The van der Waals surface area contributed by atoms with E-state index in [0.29, 0.717) is 5.82 Å². The van der Waals surface area contributed by atoms with Crippen molar-refractivity contribution in [3.63, 3.8) is 0 Å². The number of carbonyl (C=O) groups is 2. The van der Waals surface area contributed by atoms with Gasteiger partial charge in [0.15, 0.2) is 0 Å². The number of para-hydroxylation sites is 1. The molecule has 2 aliphatic rings. The predicted octanol–water partition coefficient (Wildman–Crippen LogP) is 1.96. The fraction of sp³-hybridized carbons (Fsp3) is 0.312. The van der Waals surface area contributed by atoms with Crippen LogP contribution in [-0.2, 0) is 15.8 Å². The molecule has 0 bridgehead atoms. The highest BCUT2D eigenvalue weighted by molar-refractivity contribution is 6.07. The van der Waals surface area contributed by atoms with E-state index >= 15 is 0 Å². The van der Waals surface area contributed by atoms with Crippen molar-refractivity contribution in [3.05, 3.63) is 41.2 Å². The first-order valence-corrected chi connectivity index (χ1v) is 7.76. The Balaban J connectivity index is 1.86. The average molecular weight is 367 g/mol. The lowest BCUT2D eigenvalue weighted by Crippen LogP contribution is -2.61. The normalized spacial score (nSPS) is 19.3. The summed E-state index contributed by atoms with van der Waals surface area (Å²) in [5.41, 5.74) is 2.39. The van der Waals surface area contributed by atoms with Crippen LogP contribution in [0, 0.1) is 0 Å². The molecule has 0 aliphatic carbocycles. The Labute approximate surface area is 146 Å². The minimum atomic E-state index is -4.61. The second kappa shape index (κ2) is 6.36. The van der Waals surface area contributed by atoms with Crippen molar-refractivity contribution in [2.24, 2.45) is 4.99 Å². The summed E-state index contributed by atoms with van der Waals surface area (Å²) in [7, 11) is 0. The van der Waals surface area contributed by atoms with Gasteiger partial charge in [-0.1, -0.05) is 12.1 Å². The van der Waals surface area contributed by atoms with Crippen LogP contribution in [0.25, 0.3) is 0 Å². The molecule has 1 aromatic rings. The summed E-state index contributed by atoms with van der Waals surface area (Å²) in [4.78, 5) is 28.6. The van der Waals surface area contributed by atoms with Gasteiger partial charge in [-0.2, -0.15) is 18.2 Å². The molecule has 7 nitrogen and oxygen atoms in total. The third-order valence-electron chi connectivity index (χ3n) is 3.88. The van der Waals surface area contributed by atoms with Crippen molar-refractivity contribution in [3.8, 4) is 0 Å². The van der Waals surface area contributed by atoms with Crippen molar-refractivity contribution in [1.82, 2.24) is 15.8 Å². The summed E-state index contributed by atoms with van der Waals surface area (Å²) in [5, 5.41) is 6.14. The second-order valence-corrected chi connectivity index (χ2v) is 6.07. The molecule has 1 atom stereocenters. The lowest BCUT2D eigenvalue weighted by atomic mass is 10.1. The van der Waals surface area contributed by atoms with Gasteiger partial charge in [0.25, 0.3) is 0 Å². The standard InChI is InChI=1S/C16H16F3N5O2/c1-8(2)13-22-15-21-12(25)7-11(24(15)23-13)14(26)20-10-6-4-3-5-9(10)16(17,18)19/h3-6,11,23H,7H2,1-2H3,(H,20,26)(H,21,22,25)/t11-/m0/s1. The highest BCUT2D eigenvalue weighted by Gasteiger charge is 2.41. The smallest absolute Gasteiger partial charge is 0.324 e. The number of hydrazine groups is 1. The van der Waals surface area contributed by atoms with Gasteiger partial charge in [-0.15, -0.1) is 0 Å². The number of hydrogen-bond donors (Lipinski definition) is 3. The highest BCUT2D eigenvalue weighted by Crippen LogP contribution is 2.34. The zero-order chi connectivity index (χ0) is 19.1. The summed E-state index contributed by atoms with van der Waals surface area (Å²) in [6, 6.07) is 3.63.